The predicted octanol–water partition coefficient (Wildman–Crippen LogP) is 3.77. The van der Waals surface area contributed by atoms with Crippen LogP contribution in [0.4, 0.5) is 5.69 Å². The van der Waals surface area contributed by atoms with E-state index in [-0.39, 0.29) is 17.7 Å². The Morgan fingerprint density at radius 3 is 2.03 bits per heavy atom. The number of esters is 1. The molecule has 6 nitrogen and oxygen atoms in total. The first-order chi connectivity index (χ1) is 14.5. The van der Waals surface area contributed by atoms with Gasteiger partial charge in [0.2, 0.25) is 6.17 Å². The number of aryl methyl sites for hydroxylation is 1. The monoisotopic (exact) mass is 400 g/mol. The Kier molecular flexibility index (Phi) is 5.30. The van der Waals surface area contributed by atoms with Gasteiger partial charge in [-0.25, -0.2) is 9.69 Å². The smallest absolute Gasteiger partial charge is 0.350 e. The molecule has 1 aliphatic heterocycles. The van der Waals surface area contributed by atoms with E-state index in [1.807, 2.05) is 49.4 Å². The van der Waals surface area contributed by atoms with Gasteiger partial charge in [0.1, 0.15) is 6.61 Å². The molecule has 2 amide bonds. The van der Waals surface area contributed by atoms with E-state index in [2.05, 4.69) is 5.32 Å². The minimum atomic E-state index is -1.29. The first-order valence-electron chi connectivity index (χ1n) is 9.55. The Hall–Kier alpha value is -3.93. The van der Waals surface area contributed by atoms with Crippen LogP contribution < -0.4 is 5.32 Å². The van der Waals surface area contributed by atoms with E-state index >= 15 is 0 Å². The minimum absolute atomic E-state index is 0.0366. The normalized spacial score (nSPS) is 13.7. The maximum absolute atomic E-state index is 13.0. The van der Waals surface area contributed by atoms with Gasteiger partial charge in [-0.1, -0.05) is 60.2 Å². The summed E-state index contributed by atoms with van der Waals surface area (Å²) < 4.78 is 5.45. The number of carbonyl (C=O) groups is 3. The Bertz CT molecular complexity index is 1060. The molecule has 0 saturated carbocycles. The summed E-state index contributed by atoms with van der Waals surface area (Å²) in [7, 11) is 0. The number of anilines is 1. The summed E-state index contributed by atoms with van der Waals surface area (Å²) in [6.07, 6.45) is -1.29. The van der Waals surface area contributed by atoms with E-state index < -0.39 is 23.9 Å². The number of rotatable bonds is 6. The van der Waals surface area contributed by atoms with Crippen LogP contribution in [0.25, 0.3) is 0 Å². The average Bonchev–Trinajstić information content (AvgIpc) is 3.03. The van der Waals surface area contributed by atoms with Gasteiger partial charge in [-0.3, -0.25) is 9.59 Å². The van der Waals surface area contributed by atoms with Crippen LogP contribution in [0.3, 0.4) is 0 Å². The molecule has 1 heterocycles. The van der Waals surface area contributed by atoms with Crippen LogP contribution in [-0.4, -0.2) is 28.8 Å². The van der Waals surface area contributed by atoms with E-state index in [9.17, 15) is 14.4 Å². The van der Waals surface area contributed by atoms with Crippen molar-refractivity contribution >= 4 is 23.5 Å². The fourth-order valence-corrected chi connectivity index (χ4v) is 3.29. The van der Waals surface area contributed by atoms with E-state index in [1.165, 1.54) is 0 Å². The third-order valence-corrected chi connectivity index (χ3v) is 4.89. The summed E-state index contributed by atoms with van der Waals surface area (Å²) in [5.41, 5.74) is 2.99. The Labute approximate surface area is 174 Å². The van der Waals surface area contributed by atoms with Gasteiger partial charge in [0.25, 0.3) is 11.8 Å². The molecule has 0 aromatic heterocycles. The Balaban J connectivity index is 1.62. The van der Waals surface area contributed by atoms with Crippen molar-refractivity contribution in [2.24, 2.45) is 0 Å². The second-order valence-corrected chi connectivity index (χ2v) is 7.03. The number of hydrogen-bond donors (Lipinski definition) is 1. The zero-order valence-corrected chi connectivity index (χ0v) is 16.4. The van der Waals surface area contributed by atoms with Crippen LogP contribution in [0.15, 0.2) is 78.9 Å². The number of benzene rings is 3. The van der Waals surface area contributed by atoms with Crippen molar-refractivity contribution in [3.63, 3.8) is 0 Å². The molecule has 30 heavy (non-hydrogen) atoms. The number of ether oxygens (including phenoxy) is 1. The first-order valence-corrected chi connectivity index (χ1v) is 9.55. The maximum atomic E-state index is 13.0. The van der Waals surface area contributed by atoms with E-state index in [0.717, 1.165) is 16.0 Å². The Morgan fingerprint density at radius 1 is 0.867 bits per heavy atom. The molecule has 1 N–H and O–H groups in total. The number of nitrogens with one attached hydrogen (secondary N) is 1. The fourth-order valence-electron chi connectivity index (χ4n) is 3.29. The zero-order valence-electron chi connectivity index (χ0n) is 16.4. The zero-order chi connectivity index (χ0) is 21.1. The number of fused-ring (bicyclic) bond motifs is 1. The van der Waals surface area contributed by atoms with Crippen molar-refractivity contribution in [3.05, 3.63) is 101 Å². The molecule has 0 bridgehead atoms. The van der Waals surface area contributed by atoms with Gasteiger partial charge < -0.3 is 10.1 Å². The average molecular weight is 400 g/mol. The van der Waals surface area contributed by atoms with Gasteiger partial charge in [0, 0.05) is 5.69 Å². The van der Waals surface area contributed by atoms with Crippen LogP contribution in [-0.2, 0) is 16.1 Å². The highest BCUT2D eigenvalue weighted by Crippen LogP contribution is 2.26. The van der Waals surface area contributed by atoms with Gasteiger partial charge >= 0.3 is 5.97 Å². The van der Waals surface area contributed by atoms with Crippen LogP contribution in [0.2, 0.25) is 0 Å². The van der Waals surface area contributed by atoms with Gasteiger partial charge in [0.05, 0.1) is 11.1 Å². The molecular formula is C24H20N2O4. The number of carbonyl (C=O) groups excluding carboxylic acids is 3. The van der Waals surface area contributed by atoms with Crippen molar-refractivity contribution in [2.75, 3.05) is 5.32 Å². The lowest BCUT2D eigenvalue weighted by atomic mass is 10.1. The largest absolute Gasteiger partial charge is 0.458 e. The maximum Gasteiger partial charge on any atom is 0.350 e. The molecule has 1 aliphatic rings. The molecular weight excluding hydrogens is 380 g/mol. The number of hydrogen-bond acceptors (Lipinski definition) is 5. The predicted molar refractivity (Wildman–Crippen MR) is 112 cm³/mol. The second kappa shape index (κ2) is 8.21. The lowest BCUT2D eigenvalue weighted by molar-refractivity contribution is -0.148. The highest BCUT2D eigenvalue weighted by Gasteiger charge is 2.43. The number of amides is 2. The highest BCUT2D eigenvalue weighted by molar-refractivity contribution is 6.22. The van der Waals surface area contributed by atoms with Crippen molar-refractivity contribution in [1.82, 2.24) is 4.90 Å². The molecule has 1 unspecified atom stereocenters. The van der Waals surface area contributed by atoms with Gasteiger partial charge in [-0.15, -0.1) is 0 Å². The summed E-state index contributed by atoms with van der Waals surface area (Å²) >= 11 is 0. The van der Waals surface area contributed by atoms with Crippen LogP contribution in [0.1, 0.15) is 31.8 Å². The summed E-state index contributed by atoms with van der Waals surface area (Å²) in [5, 5.41) is 2.99. The molecule has 3 aromatic carbocycles. The van der Waals surface area contributed by atoms with Gasteiger partial charge in [-0.05, 0) is 36.8 Å². The van der Waals surface area contributed by atoms with Gasteiger partial charge in [-0.2, -0.15) is 0 Å². The molecule has 0 fully saturated rings. The summed E-state index contributed by atoms with van der Waals surface area (Å²) in [6, 6.07) is 23.0. The number of nitrogens with zero attached hydrogens (tertiary/aromatic N) is 1. The van der Waals surface area contributed by atoms with Crippen LogP contribution in [0, 0.1) is 6.92 Å². The first kappa shape index (κ1) is 19.4. The summed E-state index contributed by atoms with van der Waals surface area (Å²) in [6.45, 7) is 1.98. The molecule has 3 aromatic rings. The minimum Gasteiger partial charge on any atom is -0.458 e. The number of imide groups is 1. The van der Waals surface area contributed by atoms with Crippen molar-refractivity contribution < 1.29 is 19.1 Å². The van der Waals surface area contributed by atoms with E-state index in [0.29, 0.717) is 5.69 Å². The lowest BCUT2D eigenvalue weighted by Crippen LogP contribution is -2.50. The summed E-state index contributed by atoms with van der Waals surface area (Å²) in [5.74, 6) is -1.78. The third-order valence-electron chi connectivity index (χ3n) is 4.89. The van der Waals surface area contributed by atoms with Gasteiger partial charge in [0.15, 0.2) is 0 Å². The SMILES string of the molecule is Cc1ccc(NC(C(=O)OCc2ccccc2)N2C(=O)c3ccccc3C2=O)cc1. The molecule has 4 rings (SSSR count). The Morgan fingerprint density at radius 2 is 1.43 bits per heavy atom. The second-order valence-electron chi connectivity index (χ2n) is 7.03. The topological polar surface area (TPSA) is 75.7 Å². The van der Waals surface area contributed by atoms with Crippen LogP contribution in [0.5, 0.6) is 0 Å². The molecule has 150 valence electrons. The molecule has 0 radical (unpaired) electrons. The van der Waals surface area contributed by atoms with E-state index in [1.54, 1.807) is 36.4 Å². The van der Waals surface area contributed by atoms with Crippen molar-refractivity contribution in [1.29, 1.82) is 0 Å². The van der Waals surface area contributed by atoms with Crippen molar-refractivity contribution in [3.8, 4) is 0 Å². The van der Waals surface area contributed by atoms with Crippen LogP contribution >= 0.6 is 0 Å². The third kappa shape index (κ3) is 3.80. The molecule has 0 aliphatic carbocycles. The molecule has 0 spiro atoms. The standard InChI is InChI=1S/C24H20N2O4/c1-16-11-13-18(14-12-16)25-21(24(29)30-15-17-7-3-2-4-8-17)26-22(27)19-9-5-6-10-20(19)23(26)28/h2-14,21,25H,15H2,1H3. The molecule has 1 atom stereocenters. The van der Waals surface area contributed by atoms with E-state index in [4.69, 9.17) is 4.74 Å². The summed E-state index contributed by atoms with van der Waals surface area (Å²) in [4.78, 5) is 39.8. The molecule has 6 heteroatoms. The van der Waals surface area contributed by atoms with Crippen molar-refractivity contribution in [2.45, 2.75) is 19.7 Å². The quantitative estimate of drug-likeness (QED) is 0.504. The molecule has 0 saturated heterocycles. The highest BCUT2D eigenvalue weighted by atomic mass is 16.5. The fraction of sp³-hybridized carbons (Fsp3) is 0.125. The lowest BCUT2D eigenvalue weighted by Gasteiger charge is -2.26.